The van der Waals surface area contributed by atoms with Crippen molar-refractivity contribution in [1.82, 2.24) is 14.5 Å². The minimum Gasteiger partial charge on any atom is -0.391 e. The minimum absolute atomic E-state index is 0.0266. The molecular weight excluding hydrogens is 226 g/mol. The molecule has 1 saturated carbocycles. The number of likely N-dealkylation sites (N-methyl/N-ethyl adjacent to an activating group) is 1. The summed E-state index contributed by atoms with van der Waals surface area (Å²) >= 11 is 0. The number of aliphatic hydroxyl groups is 1. The van der Waals surface area contributed by atoms with Gasteiger partial charge in [0.05, 0.1) is 12.6 Å². The van der Waals surface area contributed by atoms with E-state index in [-0.39, 0.29) is 17.6 Å². The first kappa shape index (κ1) is 13.6. The van der Waals surface area contributed by atoms with Gasteiger partial charge in [-0.3, -0.25) is 4.90 Å². The van der Waals surface area contributed by atoms with Gasteiger partial charge in [-0.1, -0.05) is 20.3 Å². The van der Waals surface area contributed by atoms with E-state index >= 15 is 0 Å². The number of hydrogen-bond acceptors (Lipinski definition) is 3. The first-order valence-corrected chi connectivity index (χ1v) is 6.76. The van der Waals surface area contributed by atoms with Crippen LogP contribution in [0.5, 0.6) is 0 Å². The maximum absolute atomic E-state index is 10.5. The summed E-state index contributed by atoms with van der Waals surface area (Å²) in [5, 5.41) is 10.5. The number of aryl methyl sites for hydroxylation is 1. The molecule has 1 N–H and O–H groups in total. The molecule has 0 bridgehead atoms. The van der Waals surface area contributed by atoms with Crippen LogP contribution in [0.4, 0.5) is 0 Å². The second-order valence-electron chi connectivity index (χ2n) is 6.26. The van der Waals surface area contributed by atoms with Gasteiger partial charge in [0.15, 0.2) is 0 Å². The Morgan fingerprint density at radius 2 is 2.28 bits per heavy atom. The third-order valence-corrected chi connectivity index (χ3v) is 4.36. The molecule has 1 heterocycles. The maximum atomic E-state index is 10.5. The normalized spacial score (nSPS) is 27.7. The highest BCUT2D eigenvalue weighted by molar-refractivity contribution is 4.96. The van der Waals surface area contributed by atoms with Crippen molar-refractivity contribution in [3.63, 3.8) is 0 Å². The van der Waals surface area contributed by atoms with Crippen LogP contribution in [-0.4, -0.2) is 38.8 Å². The predicted octanol–water partition coefficient (Wildman–Crippen LogP) is 1.79. The lowest BCUT2D eigenvalue weighted by atomic mass is 9.72. The molecule has 2 atom stereocenters. The lowest BCUT2D eigenvalue weighted by Gasteiger charge is -2.44. The molecule has 1 fully saturated rings. The third-order valence-electron chi connectivity index (χ3n) is 4.36. The van der Waals surface area contributed by atoms with Crippen molar-refractivity contribution in [2.45, 2.75) is 51.8 Å². The highest BCUT2D eigenvalue weighted by Crippen LogP contribution is 2.37. The van der Waals surface area contributed by atoms with Crippen molar-refractivity contribution in [3.05, 3.63) is 18.2 Å². The van der Waals surface area contributed by atoms with Gasteiger partial charge in [-0.2, -0.15) is 0 Å². The number of aromatic nitrogens is 2. The fourth-order valence-electron chi connectivity index (χ4n) is 2.94. The van der Waals surface area contributed by atoms with E-state index in [1.54, 1.807) is 0 Å². The average molecular weight is 251 g/mol. The Bertz CT molecular complexity index is 399. The van der Waals surface area contributed by atoms with Gasteiger partial charge in [0.25, 0.3) is 0 Å². The van der Waals surface area contributed by atoms with E-state index in [1.807, 2.05) is 24.0 Å². The lowest BCUT2D eigenvalue weighted by Crippen LogP contribution is -2.51. The Morgan fingerprint density at radius 3 is 2.89 bits per heavy atom. The van der Waals surface area contributed by atoms with E-state index in [0.717, 1.165) is 25.2 Å². The third kappa shape index (κ3) is 2.59. The Labute approximate surface area is 110 Å². The van der Waals surface area contributed by atoms with Crippen LogP contribution >= 0.6 is 0 Å². The highest BCUT2D eigenvalue weighted by Gasteiger charge is 2.39. The van der Waals surface area contributed by atoms with Crippen LogP contribution in [0, 0.1) is 5.41 Å². The van der Waals surface area contributed by atoms with Gasteiger partial charge in [0.2, 0.25) is 0 Å². The van der Waals surface area contributed by atoms with Gasteiger partial charge >= 0.3 is 0 Å². The molecule has 1 aliphatic rings. The Hall–Kier alpha value is -0.870. The summed E-state index contributed by atoms with van der Waals surface area (Å²) in [6, 6.07) is 0.241. The molecule has 1 aromatic rings. The molecule has 102 valence electrons. The molecule has 2 unspecified atom stereocenters. The van der Waals surface area contributed by atoms with Crippen LogP contribution in [-0.2, 0) is 13.6 Å². The van der Waals surface area contributed by atoms with Crippen molar-refractivity contribution in [2.75, 3.05) is 7.05 Å². The van der Waals surface area contributed by atoms with Crippen molar-refractivity contribution in [2.24, 2.45) is 12.5 Å². The summed E-state index contributed by atoms with van der Waals surface area (Å²) in [5.74, 6) is 1.05. The van der Waals surface area contributed by atoms with Gasteiger partial charge < -0.3 is 9.67 Å². The summed E-state index contributed by atoms with van der Waals surface area (Å²) in [6.45, 7) is 5.12. The van der Waals surface area contributed by atoms with E-state index in [0.29, 0.717) is 0 Å². The van der Waals surface area contributed by atoms with E-state index in [4.69, 9.17) is 0 Å². The summed E-state index contributed by atoms with van der Waals surface area (Å²) in [7, 11) is 4.10. The van der Waals surface area contributed by atoms with E-state index in [9.17, 15) is 5.11 Å². The van der Waals surface area contributed by atoms with E-state index in [1.165, 1.54) is 6.42 Å². The predicted molar refractivity (Wildman–Crippen MR) is 72.1 cm³/mol. The molecular formula is C14H25N3O. The number of hydrogen-bond donors (Lipinski definition) is 1. The van der Waals surface area contributed by atoms with Crippen LogP contribution in [0.15, 0.2) is 12.4 Å². The molecule has 0 saturated heterocycles. The Morgan fingerprint density at radius 1 is 1.56 bits per heavy atom. The van der Waals surface area contributed by atoms with Crippen molar-refractivity contribution in [1.29, 1.82) is 0 Å². The van der Waals surface area contributed by atoms with Crippen LogP contribution in [0.2, 0.25) is 0 Å². The monoisotopic (exact) mass is 251 g/mol. The van der Waals surface area contributed by atoms with E-state index < -0.39 is 0 Å². The summed E-state index contributed by atoms with van der Waals surface area (Å²) in [4.78, 5) is 6.60. The van der Waals surface area contributed by atoms with Gasteiger partial charge in [0, 0.05) is 25.5 Å². The SMILES string of the molecule is CN(Cc1nccn1C)C1CCCC(C)(C)C1O. The van der Waals surface area contributed by atoms with Crippen LogP contribution in [0.3, 0.4) is 0 Å². The first-order chi connectivity index (χ1) is 8.42. The molecule has 4 nitrogen and oxygen atoms in total. The smallest absolute Gasteiger partial charge is 0.122 e. The molecule has 0 aromatic carbocycles. The van der Waals surface area contributed by atoms with Gasteiger partial charge in [0.1, 0.15) is 5.82 Å². The molecule has 4 heteroatoms. The standard InChI is InChI=1S/C14H25N3O/c1-14(2)7-5-6-11(13(14)18)17(4)10-12-15-8-9-16(12)3/h8-9,11,13,18H,5-7,10H2,1-4H3. The number of rotatable bonds is 3. The summed E-state index contributed by atoms with van der Waals surface area (Å²) in [5.41, 5.74) is 0.0266. The zero-order valence-electron chi connectivity index (χ0n) is 11.9. The first-order valence-electron chi connectivity index (χ1n) is 6.76. The van der Waals surface area contributed by atoms with Gasteiger partial charge in [-0.05, 0) is 25.3 Å². The van der Waals surface area contributed by atoms with Crippen molar-refractivity contribution in [3.8, 4) is 0 Å². The molecule has 0 aliphatic heterocycles. The fourth-order valence-corrected chi connectivity index (χ4v) is 2.94. The van der Waals surface area contributed by atoms with Crippen molar-refractivity contribution < 1.29 is 5.11 Å². The zero-order valence-corrected chi connectivity index (χ0v) is 11.9. The van der Waals surface area contributed by atoms with Crippen molar-refractivity contribution >= 4 is 0 Å². The van der Waals surface area contributed by atoms with Gasteiger partial charge in [-0.15, -0.1) is 0 Å². The zero-order chi connectivity index (χ0) is 13.3. The molecule has 18 heavy (non-hydrogen) atoms. The summed E-state index contributed by atoms with van der Waals surface area (Å²) < 4.78 is 2.04. The van der Waals surface area contributed by atoms with Crippen LogP contribution in [0.25, 0.3) is 0 Å². The van der Waals surface area contributed by atoms with Gasteiger partial charge in [-0.25, -0.2) is 4.98 Å². The largest absolute Gasteiger partial charge is 0.391 e. The van der Waals surface area contributed by atoms with Crippen LogP contribution in [0.1, 0.15) is 38.9 Å². The molecule has 0 spiro atoms. The summed E-state index contributed by atoms with van der Waals surface area (Å²) in [6.07, 6.45) is 6.91. The Balaban J connectivity index is 2.04. The minimum atomic E-state index is -0.253. The molecule has 0 amide bonds. The second kappa shape index (κ2) is 5.02. The average Bonchev–Trinajstić information content (AvgIpc) is 2.68. The molecule has 1 aliphatic carbocycles. The molecule has 2 rings (SSSR count). The number of aliphatic hydroxyl groups excluding tert-OH is 1. The fraction of sp³-hybridized carbons (Fsp3) is 0.786. The molecule has 0 radical (unpaired) electrons. The van der Waals surface area contributed by atoms with Crippen LogP contribution < -0.4 is 0 Å². The maximum Gasteiger partial charge on any atom is 0.122 e. The molecule has 1 aromatic heterocycles. The number of imidazole rings is 1. The quantitative estimate of drug-likeness (QED) is 0.890. The highest BCUT2D eigenvalue weighted by atomic mass is 16.3. The Kier molecular flexibility index (Phi) is 3.78. The number of nitrogens with zero attached hydrogens (tertiary/aromatic N) is 3. The topological polar surface area (TPSA) is 41.3 Å². The lowest BCUT2D eigenvalue weighted by molar-refractivity contribution is -0.0531. The van der Waals surface area contributed by atoms with E-state index in [2.05, 4.69) is 30.8 Å². The second-order valence-corrected chi connectivity index (χ2v) is 6.26.